The molecule has 0 aliphatic rings. The van der Waals surface area contributed by atoms with Gasteiger partial charge in [-0.1, -0.05) is 21.6 Å². The molecule has 98 valence electrons. The molecule has 0 aliphatic heterocycles. The molecule has 1 amide bonds. The van der Waals surface area contributed by atoms with Crippen molar-refractivity contribution in [1.29, 1.82) is 0 Å². The number of hydrogen-bond acceptors (Lipinski definition) is 6. The van der Waals surface area contributed by atoms with Gasteiger partial charge in [0.25, 0.3) is 0 Å². The quantitative estimate of drug-likeness (QED) is 0.380. The fourth-order valence-electron chi connectivity index (χ4n) is 0.822. The van der Waals surface area contributed by atoms with Crippen molar-refractivity contribution >= 4 is 39.4 Å². The molecule has 0 aromatic heterocycles. The molecule has 0 saturated carbocycles. The van der Waals surface area contributed by atoms with Crippen molar-refractivity contribution in [2.24, 2.45) is 0 Å². The lowest BCUT2D eigenvalue weighted by Gasteiger charge is -2.11. The predicted octanol–water partition coefficient (Wildman–Crippen LogP) is 0.520. The van der Waals surface area contributed by atoms with Crippen LogP contribution >= 0.6 is 21.6 Å². The van der Waals surface area contributed by atoms with E-state index in [9.17, 15) is 14.4 Å². The van der Waals surface area contributed by atoms with Gasteiger partial charge in [0.2, 0.25) is 5.91 Å². The summed E-state index contributed by atoms with van der Waals surface area (Å²) < 4.78 is 4.46. The molecular weight excluding hydrogens is 266 g/mol. The van der Waals surface area contributed by atoms with Crippen LogP contribution in [0, 0.1) is 0 Å². The van der Waals surface area contributed by atoms with Gasteiger partial charge < -0.3 is 15.2 Å². The Balaban J connectivity index is 3.72. The highest BCUT2D eigenvalue weighted by molar-refractivity contribution is 8.76. The van der Waals surface area contributed by atoms with Crippen LogP contribution in [0.2, 0.25) is 0 Å². The van der Waals surface area contributed by atoms with Crippen LogP contribution in [0.1, 0.15) is 13.3 Å². The third-order valence-corrected chi connectivity index (χ3v) is 4.03. The summed E-state index contributed by atoms with van der Waals surface area (Å²) in [5, 5.41) is 11.1. The van der Waals surface area contributed by atoms with Crippen LogP contribution in [0.25, 0.3) is 0 Å². The summed E-state index contributed by atoms with van der Waals surface area (Å²) in [5.41, 5.74) is 0. The van der Waals surface area contributed by atoms with Crippen LogP contribution < -0.4 is 5.32 Å². The number of methoxy groups -OCH3 is 1. The maximum atomic E-state index is 10.8. The Morgan fingerprint density at radius 3 is 2.47 bits per heavy atom. The zero-order chi connectivity index (χ0) is 13.3. The molecule has 0 spiro atoms. The van der Waals surface area contributed by atoms with Crippen molar-refractivity contribution in [3.05, 3.63) is 0 Å². The Bertz CT molecular complexity index is 285. The zero-order valence-corrected chi connectivity index (χ0v) is 11.2. The number of carboxylic acid groups (broad SMARTS) is 1. The average Bonchev–Trinajstić information content (AvgIpc) is 2.25. The van der Waals surface area contributed by atoms with E-state index in [0.717, 1.165) is 0 Å². The first-order valence-corrected chi connectivity index (χ1v) is 7.27. The normalized spacial score (nSPS) is 11.6. The minimum Gasteiger partial charge on any atom is -0.480 e. The van der Waals surface area contributed by atoms with Gasteiger partial charge >= 0.3 is 11.9 Å². The topological polar surface area (TPSA) is 92.7 Å². The average molecular weight is 281 g/mol. The number of nitrogens with one attached hydrogen (secondary N) is 1. The van der Waals surface area contributed by atoms with Crippen molar-refractivity contribution in [2.75, 3.05) is 18.6 Å². The Hall–Kier alpha value is -0.890. The number of aliphatic carboxylic acids is 1. The highest BCUT2D eigenvalue weighted by Crippen LogP contribution is 2.22. The van der Waals surface area contributed by atoms with E-state index >= 15 is 0 Å². The molecule has 8 heteroatoms. The Labute approximate surface area is 107 Å². The van der Waals surface area contributed by atoms with E-state index < -0.39 is 12.0 Å². The second-order valence-electron chi connectivity index (χ2n) is 3.02. The number of amides is 1. The van der Waals surface area contributed by atoms with E-state index in [4.69, 9.17) is 5.11 Å². The summed E-state index contributed by atoms with van der Waals surface area (Å²) in [6.45, 7) is 1.27. The lowest BCUT2D eigenvalue weighted by molar-refractivity contribution is -0.141. The lowest BCUT2D eigenvalue weighted by atomic mass is 10.3. The Kier molecular flexibility index (Phi) is 8.69. The van der Waals surface area contributed by atoms with Gasteiger partial charge in [0, 0.05) is 18.4 Å². The largest absolute Gasteiger partial charge is 0.480 e. The molecule has 6 nitrogen and oxygen atoms in total. The van der Waals surface area contributed by atoms with Crippen molar-refractivity contribution < 1.29 is 24.2 Å². The van der Waals surface area contributed by atoms with Crippen LogP contribution in [0.4, 0.5) is 0 Å². The number of hydrogen-bond donors (Lipinski definition) is 2. The molecule has 0 radical (unpaired) electrons. The SMILES string of the molecule is COC(=O)CCSSCC(NC(C)=O)C(=O)O. The van der Waals surface area contributed by atoms with E-state index in [0.29, 0.717) is 5.75 Å². The van der Waals surface area contributed by atoms with E-state index in [-0.39, 0.29) is 24.1 Å². The molecule has 1 atom stereocenters. The molecule has 0 aromatic rings. The molecule has 0 rings (SSSR count). The highest BCUT2D eigenvalue weighted by Gasteiger charge is 2.18. The number of carbonyl (C=O) groups is 3. The second kappa shape index (κ2) is 9.17. The third-order valence-electron chi connectivity index (χ3n) is 1.61. The zero-order valence-electron chi connectivity index (χ0n) is 9.60. The summed E-state index contributed by atoms with van der Waals surface area (Å²) in [7, 11) is 3.99. The maximum Gasteiger partial charge on any atom is 0.327 e. The first-order chi connectivity index (χ1) is 7.97. The Morgan fingerprint density at radius 2 is 2.00 bits per heavy atom. The minimum absolute atomic E-state index is 0.251. The third kappa shape index (κ3) is 8.87. The minimum atomic E-state index is -1.07. The van der Waals surface area contributed by atoms with Gasteiger partial charge in [0.1, 0.15) is 6.04 Å². The standard InChI is InChI=1S/C9H15NO5S2/c1-6(11)10-7(9(13)14)5-17-16-4-3-8(12)15-2/h7H,3-5H2,1-2H3,(H,10,11)(H,13,14). The van der Waals surface area contributed by atoms with Gasteiger partial charge in [-0.2, -0.15) is 0 Å². The van der Waals surface area contributed by atoms with Crippen molar-refractivity contribution in [2.45, 2.75) is 19.4 Å². The fraction of sp³-hybridized carbons (Fsp3) is 0.667. The van der Waals surface area contributed by atoms with Gasteiger partial charge in [-0.15, -0.1) is 0 Å². The number of esters is 1. The van der Waals surface area contributed by atoms with Gasteiger partial charge in [-0.3, -0.25) is 9.59 Å². The van der Waals surface area contributed by atoms with Gasteiger partial charge in [0.05, 0.1) is 13.5 Å². The van der Waals surface area contributed by atoms with E-state index in [2.05, 4.69) is 10.1 Å². The molecular formula is C9H15NO5S2. The fourth-order valence-corrected chi connectivity index (χ4v) is 2.95. The summed E-state index contributed by atoms with van der Waals surface area (Å²) >= 11 is 0. The first kappa shape index (κ1) is 16.1. The molecule has 0 aliphatic carbocycles. The van der Waals surface area contributed by atoms with Crippen molar-refractivity contribution in [1.82, 2.24) is 5.32 Å². The van der Waals surface area contributed by atoms with Crippen LogP contribution in [0.15, 0.2) is 0 Å². The van der Waals surface area contributed by atoms with E-state index in [1.807, 2.05) is 0 Å². The van der Waals surface area contributed by atoms with Crippen molar-refractivity contribution in [3.63, 3.8) is 0 Å². The molecule has 0 saturated heterocycles. The van der Waals surface area contributed by atoms with Gasteiger partial charge in [-0.05, 0) is 0 Å². The van der Waals surface area contributed by atoms with E-state index in [1.54, 1.807) is 0 Å². The molecule has 0 aromatic carbocycles. The Morgan fingerprint density at radius 1 is 1.35 bits per heavy atom. The lowest BCUT2D eigenvalue weighted by Crippen LogP contribution is -2.41. The summed E-state index contributed by atoms with van der Waals surface area (Å²) in [4.78, 5) is 32.2. The number of ether oxygens (including phenoxy) is 1. The van der Waals surface area contributed by atoms with Crippen LogP contribution in [-0.4, -0.2) is 47.6 Å². The number of carboxylic acids is 1. The predicted molar refractivity (Wildman–Crippen MR) is 66.8 cm³/mol. The van der Waals surface area contributed by atoms with Crippen LogP contribution in [0.5, 0.6) is 0 Å². The first-order valence-electron chi connectivity index (χ1n) is 4.78. The maximum absolute atomic E-state index is 10.8. The van der Waals surface area contributed by atoms with E-state index in [1.165, 1.54) is 35.6 Å². The molecule has 0 fully saturated rings. The summed E-state index contributed by atoms with van der Waals surface area (Å²) in [6.07, 6.45) is 0.284. The smallest absolute Gasteiger partial charge is 0.327 e. The van der Waals surface area contributed by atoms with Crippen LogP contribution in [0.3, 0.4) is 0 Å². The monoisotopic (exact) mass is 281 g/mol. The molecule has 17 heavy (non-hydrogen) atoms. The number of carbonyl (C=O) groups excluding carboxylic acids is 2. The molecule has 0 bridgehead atoms. The molecule has 1 unspecified atom stereocenters. The van der Waals surface area contributed by atoms with Gasteiger partial charge in [-0.25, -0.2) is 4.79 Å². The molecule has 0 heterocycles. The summed E-state index contributed by atoms with van der Waals surface area (Å²) in [5.74, 6) is -0.946. The number of rotatable bonds is 8. The van der Waals surface area contributed by atoms with Crippen LogP contribution in [-0.2, 0) is 19.1 Å². The molecule has 2 N–H and O–H groups in total. The second-order valence-corrected chi connectivity index (χ2v) is 5.65. The van der Waals surface area contributed by atoms with Gasteiger partial charge in [0.15, 0.2) is 0 Å². The van der Waals surface area contributed by atoms with Crippen molar-refractivity contribution in [3.8, 4) is 0 Å². The summed E-state index contributed by atoms with van der Waals surface area (Å²) in [6, 6.07) is -0.900. The highest BCUT2D eigenvalue weighted by atomic mass is 33.1.